The van der Waals surface area contributed by atoms with E-state index in [0.29, 0.717) is 12.6 Å². The second kappa shape index (κ2) is 5.12. The van der Waals surface area contributed by atoms with Crippen LogP contribution in [0.5, 0.6) is 0 Å². The molecule has 2 rings (SSSR count). The van der Waals surface area contributed by atoms with Gasteiger partial charge >= 0.3 is 0 Å². The number of amides is 1. The van der Waals surface area contributed by atoms with Gasteiger partial charge < -0.3 is 10.6 Å². The van der Waals surface area contributed by atoms with Gasteiger partial charge in [0.2, 0.25) is 5.91 Å². The molecule has 0 bridgehead atoms. The number of rotatable bonds is 3. The molecule has 5 heteroatoms. The minimum absolute atomic E-state index is 0.152. The Morgan fingerprint density at radius 3 is 3.25 bits per heavy atom. The Morgan fingerprint density at radius 2 is 2.56 bits per heavy atom. The molecule has 1 aliphatic rings. The number of hydrogen-bond donors (Lipinski definition) is 3. The molecule has 1 aliphatic heterocycles. The highest BCUT2D eigenvalue weighted by Crippen LogP contribution is 2.15. The molecule has 5 nitrogen and oxygen atoms in total. The van der Waals surface area contributed by atoms with Crippen molar-refractivity contribution in [2.75, 3.05) is 6.54 Å². The first-order valence-electron chi connectivity index (χ1n) is 5.75. The van der Waals surface area contributed by atoms with Gasteiger partial charge in [0.1, 0.15) is 0 Å². The number of aromatic nitrogens is 2. The Labute approximate surface area is 95.0 Å². The molecule has 3 N–H and O–H groups in total. The van der Waals surface area contributed by atoms with Gasteiger partial charge in [-0.3, -0.25) is 9.89 Å². The first-order valence-corrected chi connectivity index (χ1v) is 5.75. The van der Waals surface area contributed by atoms with Crippen LogP contribution in [0.25, 0.3) is 0 Å². The van der Waals surface area contributed by atoms with Crippen LogP contribution in [-0.4, -0.2) is 28.7 Å². The molecule has 0 spiro atoms. The summed E-state index contributed by atoms with van der Waals surface area (Å²) in [6.07, 6.45) is 3.54. The van der Waals surface area contributed by atoms with E-state index in [9.17, 15) is 4.79 Å². The summed E-state index contributed by atoms with van der Waals surface area (Å²) in [6.45, 7) is 3.59. The number of aromatic amines is 1. The molecule has 0 saturated carbocycles. The summed E-state index contributed by atoms with van der Waals surface area (Å²) in [5, 5.41) is 12.9. The van der Waals surface area contributed by atoms with Crippen molar-refractivity contribution in [2.45, 2.75) is 32.4 Å². The Hall–Kier alpha value is -1.36. The van der Waals surface area contributed by atoms with Crippen LogP contribution >= 0.6 is 0 Å². The van der Waals surface area contributed by atoms with E-state index in [-0.39, 0.29) is 11.8 Å². The Bertz CT molecular complexity index is 336. The zero-order chi connectivity index (χ0) is 11.4. The predicted molar refractivity (Wildman–Crippen MR) is 60.6 cm³/mol. The third-order valence-corrected chi connectivity index (χ3v) is 3.01. The summed E-state index contributed by atoms with van der Waals surface area (Å²) in [7, 11) is 0. The van der Waals surface area contributed by atoms with E-state index in [1.165, 1.54) is 0 Å². The van der Waals surface area contributed by atoms with E-state index < -0.39 is 0 Å². The van der Waals surface area contributed by atoms with Gasteiger partial charge in [-0.1, -0.05) is 0 Å². The zero-order valence-corrected chi connectivity index (χ0v) is 9.49. The van der Waals surface area contributed by atoms with E-state index in [4.69, 9.17) is 0 Å². The van der Waals surface area contributed by atoms with E-state index >= 15 is 0 Å². The summed E-state index contributed by atoms with van der Waals surface area (Å²) in [5.41, 5.74) is 0.940. The van der Waals surface area contributed by atoms with E-state index in [1.807, 2.05) is 6.07 Å². The lowest BCUT2D eigenvalue weighted by molar-refractivity contribution is -0.126. The zero-order valence-electron chi connectivity index (χ0n) is 9.49. The third-order valence-electron chi connectivity index (χ3n) is 3.01. The van der Waals surface area contributed by atoms with Gasteiger partial charge in [0.15, 0.2) is 0 Å². The standard InChI is InChI=1S/C11H18N4O/c1-8-6-9(2-4-12-8)11(16)13-7-10-3-5-14-15-10/h3,5,8-9,12H,2,4,6-7H2,1H3,(H,13,16)(H,14,15). The van der Waals surface area contributed by atoms with Crippen molar-refractivity contribution < 1.29 is 4.79 Å². The maximum Gasteiger partial charge on any atom is 0.223 e. The fourth-order valence-electron chi connectivity index (χ4n) is 2.08. The van der Waals surface area contributed by atoms with Crippen LogP contribution in [0, 0.1) is 5.92 Å². The van der Waals surface area contributed by atoms with Crippen LogP contribution in [0.1, 0.15) is 25.5 Å². The molecule has 1 aromatic heterocycles. The fraction of sp³-hybridized carbons (Fsp3) is 0.636. The first kappa shape index (κ1) is 11.1. The molecule has 0 aliphatic carbocycles. The van der Waals surface area contributed by atoms with Gasteiger partial charge in [-0.25, -0.2) is 0 Å². The predicted octanol–water partition coefficient (Wildman–Crippen LogP) is 0.414. The third kappa shape index (κ3) is 2.82. The number of nitrogens with one attached hydrogen (secondary N) is 3. The van der Waals surface area contributed by atoms with Gasteiger partial charge in [-0.05, 0) is 32.4 Å². The Balaban J connectivity index is 1.79. The van der Waals surface area contributed by atoms with Crippen molar-refractivity contribution in [1.82, 2.24) is 20.8 Å². The van der Waals surface area contributed by atoms with Crippen molar-refractivity contribution >= 4 is 5.91 Å². The highest BCUT2D eigenvalue weighted by Gasteiger charge is 2.24. The van der Waals surface area contributed by atoms with Crippen molar-refractivity contribution in [3.8, 4) is 0 Å². The van der Waals surface area contributed by atoms with Crippen molar-refractivity contribution in [3.05, 3.63) is 18.0 Å². The van der Waals surface area contributed by atoms with Crippen LogP contribution < -0.4 is 10.6 Å². The molecule has 0 aromatic carbocycles. The van der Waals surface area contributed by atoms with Gasteiger partial charge in [0.05, 0.1) is 12.2 Å². The minimum Gasteiger partial charge on any atom is -0.350 e. The largest absolute Gasteiger partial charge is 0.350 e. The average Bonchev–Trinajstić information content (AvgIpc) is 2.78. The molecule has 2 heterocycles. The van der Waals surface area contributed by atoms with Gasteiger partial charge in [-0.2, -0.15) is 5.10 Å². The lowest BCUT2D eigenvalue weighted by atomic mass is 9.92. The van der Waals surface area contributed by atoms with Crippen molar-refractivity contribution in [3.63, 3.8) is 0 Å². The maximum atomic E-state index is 11.9. The molecule has 16 heavy (non-hydrogen) atoms. The SMILES string of the molecule is CC1CC(C(=O)NCc2ccn[nH]2)CCN1. The molecule has 1 amide bonds. The molecular formula is C11H18N4O. The molecular weight excluding hydrogens is 204 g/mol. The number of H-pyrrole nitrogens is 1. The van der Waals surface area contributed by atoms with E-state index in [0.717, 1.165) is 25.1 Å². The van der Waals surface area contributed by atoms with Crippen LogP contribution in [0.2, 0.25) is 0 Å². The molecule has 1 saturated heterocycles. The van der Waals surface area contributed by atoms with Gasteiger partial charge in [-0.15, -0.1) is 0 Å². The quantitative estimate of drug-likeness (QED) is 0.694. The van der Waals surface area contributed by atoms with E-state index in [2.05, 4.69) is 27.8 Å². The van der Waals surface area contributed by atoms with Crippen LogP contribution in [0.15, 0.2) is 12.3 Å². The second-order valence-electron chi connectivity index (χ2n) is 4.38. The highest BCUT2D eigenvalue weighted by atomic mass is 16.1. The van der Waals surface area contributed by atoms with Crippen LogP contribution in [-0.2, 0) is 11.3 Å². The van der Waals surface area contributed by atoms with Crippen LogP contribution in [0.4, 0.5) is 0 Å². The topological polar surface area (TPSA) is 69.8 Å². The Kier molecular flexibility index (Phi) is 3.56. The highest BCUT2D eigenvalue weighted by molar-refractivity contribution is 5.78. The number of piperidine rings is 1. The second-order valence-corrected chi connectivity index (χ2v) is 4.38. The lowest BCUT2D eigenvalue weighted by Crippen LogP contribution is -2.42. The molecule has 88 valence electrons. The maximum absolute atomic E-state index is 11.9. The Morgan fingerprint density at radius 1 is 1.69 bits per heavy atom. The number of hydrogen-bond acceptors (Lipinski definition) is 3. The van der Waals surface area contributed by atoms with Gasteiger partial charge in [0, 0.05) is 18.2 Å². The first-order chi connectivity index (χ1) is 7.75. The van der Waals surface area contributed by atoms with E-state index in [1.54, 1.807) is 6.20 Å². The molecule has 2 atom stereocenters. The summed E-state index contributed by atoms with van der Waals surface area (Å²) < 4.78 is 0. The summed E-state index contributed by atoms with van der Waals surface area (Å²) in [6, 6.07) is 2.31. The normalized spacial score (nSPS) is 25.3. The van der Waals surface area contributed by atoms with Crippen molar-refractivity contribution in [1.29, 1.82) is 0 Å². The number of nitrogens with zero attached hydrogens (tertiary/aromatic N) is 1. The summed E-state index contributed by atoms with van der Waals surface area (Å²) in [5.74, 6) is 0.308. The smallest absolute Gasteiger partial charge is 0.223 e. The van der Waals surface area contributed by atoms with Crippen molar-refractivity contribution in [2.24, 2.45) is 5.92 Å². The lowest BCUT2D eigenvalue weighted by Gasteiger charge is -2.26. The van der Waals surface area contributed by atoms with Crippen LogP contribution in [0.3, 0.4) is 0 Å². The van der Waals surface area contributed by atoms with Gasteiger partial charge in [0.25, 0.3) is 0 Å². The molecule has 1 aromatic rings. The number of carbonyl (C=O) groups is 1. The summed E-state index contributed by atoms with van der Waals surface area (Å²) >= 11 is 0. The monoisotopic (exact) mass is 222 g/mol. The molecule has 0 radical (unpaired) electrons. The fourth-order valence-corrected chi connectivity index (χ4v) is 2.08. The average molecular weight is 222 g/mol. The number of carbonyl (C=O) groups excluding carboxylic acids is 1. The molecule has 1 fully saturated rings. The molecule has 2 unspecified atom stereocenters. The summed E-state index contributed by atoms with van der Waals surface area (Å²) in [4.78, 5) is 11.9. The minimum atomic E-state index is 0.152.